The highest BCUT2D eigenvalue weighted by Gasteiger charge is 2.38. The molecular weight excluding hydrogens is 349 g/mol. The van der Waals surface area contributed by atoms with Gasteiger partial charge in [0.05, 0.1) is 6.33 Å². The second-order valence-electron chi connectivity index (χ2n) is 8.13. The van der Waals surface area contributed by atoms with Gasteiger partial charge in [-0.1, -0.05) is 0 Å². The lowest BCUT2D eigenvalue weighted by atomic mass is 10.1. The van der Waals surface area contributed by atoms with Crippen molar-refractivity contribution in [2.75, 3.05) is 6.61 Å². The van der Waals surface area contributed by atoms with Crippen LogP contribution in [0.15, 0.2) is 30.1 Å². The van der Waals surface area contributed by atoms with Gasteiger partial charge in [-0.05, 0) is 69.4 Å². The second kappa shape index (κ2) is 7.71. The molecule has 1 amide bonds. The Morgan fingerprint density at radius 2 is 2.04 bits per heavy atom. The van der Waals surface area contributed by atoms with Gasteiger partial charge in [-0.3, -0.25) is 9.59 Å². The molecule has 2 aliphatic rings. The summed E-state index contributed by atoms with van der Waals surface area (Å²) >= 11 is 0. The van der Waals surface area contributed by atoms with E-state index in [0.29, 0.717) is 30.2 Å². The summed E-state index contributed by atoms with van der Waals surface area (Å²) in [4.78, 5) is 26.0. The molecule has 1 aliphatic heterocycles. The first-order valence-corrected chi connectivity index (χ1v) is 9.33. The molecule has 0 saturated heterocycles. The molecule has 1 heterocycles. The first-order valence-electron chi connectivity index (χ1n) is 9.33. The van der Waals surface area contributed by atoms with E-state index in [1.54, 1.807) is 32.9 Å². The van der Waals surface area contributed by atoms with Crippen molar-refractivity contribution in [3.63, 3.8) is 0 Å². The Morgan fingerprint density at radius 3 is 2.67 bits per heavy atom. The van der Waals surface area contributed by atoms with Crippen LogP contribution in [0.4, 0.5) is 4.39 Å². The molecule has 1 aromatic rings. The molecule has 0 N–H and O–H groups in total. The molecule has 0 atom stereocenters. The zero-order valence-corrected chi connectivity index (χ0v) is 16.1. The van der Waals surface area contributed by atoms with E-state index in [2.05, 4.69) is 0 Å². The van der Waals surface area contributed by atoms with Crippen molar-refractivity contribution >= 4 is 11.9 Å². The van der Waals surface area contributed by atoms with Crippen LogP contribution in [0.2, 0.25) is 0 Å². The summed E-state index contributed by atoms with van der Waals surface area (Å²) in [7, 11) is 0. The van der Waals surface area contributed by atoms with Crippen molar-refractivity contribution in [1.29, 1.82) is 0 Å². The first kappa shape index (κ1) is 19.4. The number of halogens is 1. The average molecular weight is 375 g/mol. The molecule has 6 heteroatoms. The molecule has 1 saturated carbocycles. The zero-order chi connectivity index (χ0) is 19.6. The third-order valence-corrected chi connectivity index (χ3v) is 4.55. The number of esters is 1. The van der Waals surface area contributed by atoms with Crippen LogP contribution >= 0.6 is 0 Å². The largest absolute Gasteiger partial charge is 0.489 e. The Bertz CT molecular complexity index is 762. The number of amides is 1. The quantitative estimate of drug-likeness (QED) is 0.672. The van der Waals surface area contributed by atoms with Crippen molar-refractivity contribution in [2.24, 2.45) is 0 Å². The summed E-state index contributed by atoms with van der Waals surface area (Å²) in [6.07, 6.45) is 2.97. The number of ether oxygens (including phenoxy) is 2. The Morgan fingerprint density at radius 1 is 1.30 bits per heavy atom. The Balaban J connectivity index is 1.51. The maximum atomic E-state index is 13.1. The normalized spacial score (nSPS) is 17.1. The van der Waals surface area contributed by atoms with Gasteiger partial charge in [0.15, 0.2) is 0 Å². The van der Waals surface area contributed by atoms with Crippen LogP contribution in [0.1, 0.15) is 62.4 Å². The highest BCUT2D eigenvalue weighted by Crippen LogP contribution is 2.35. The number of benzene rings is 1. The maximum Gasteiger partial charge on any atom is 0.306 e. The highest BCUT2D eigenvalue weighted by molar-refractivity contribution is 5.98. The van der Waals surface area contributed by atoms with Crippen LogP contribution in [0, 0.1) is 0 Å². The molecule has 0 spiro atoms. The van der Waals surface area contributed by atoms with Crippen LogP contribution in [0.3, 0.4) is 0 Å². The molecule has 0 radical (unpaired) electrons. The lowest BCUT2D eigenvalue weighted by Gasteiger charge is -2.19. The fourth-order valence-corrected chi connectivity index (χ4v) is 3.08. The minimum atomic E-state index is -0.552. The van der Waals surface area contributed by atoms with E-state index in [0.717, 1.165) is 24.0 Å². The standard InChI is InChI=1S/C21H26FNO4/c1-21(2,3)27-19(24)9-4-14(11-22)13-26-17-7-8-18-15(10-17)12-23(20(18)25)16-5-6-16/h7-8,10-11,16H,4-6,9,12-13H2,1-3H3/b14-11+. The van der Waals surface area contributed by atoms with Gasteiger partial charge in [0.25, 0.3) is 5.91 Å². The number of hydrogen-bond acceptors (Lipinski definition) is 4. The highest BCUT2D eigenvalue weighted by atomic mass is 19.1. The number of hydrogen-bond donors (Lipinski definition) is 0. The lowest BCUT2D eigenvalue weighted by Crippen LogP contribution is -2.25. The summed E-state index contributed by atoms with van der Waals surface area (Å²) in [5.74, 6) is 0.314. The van der Waals surface area contributed by atoms with E-state index in [9.17, 15) is 14.0 Å². The Labute approximate surface area is 159 Å². The third kappa shape index (κ3) is 5.08. The SMILES string of the molecule is CC(C)(C)OC(=O)CC/C(=C\F)COc1ccc2c(c1)CN(C1CC1)C2=O. The van der Waals surface area contributed by atoms with Gasteiger partial charge in [-0.2, -0.15) is 0 Å². The van der Waals surface area contributed by atoms with Gasteiger partial charge in [-0.25, -0.2) is 4.39 Å². The smallest absolute Gasteiger partial charge is 0.306 e. The van der Waals surface area contributed by atoms with Crippen molar-refractivity contribution in [3.05, 3.63) is 41.2 Å². The van der Waals surface area contributed by atoms with Gasteiger partial charge in [-0.15, -0.1) is 0 Å². The fourth-order valence-electron chi connectivity index (χ4n) is 3.08. The predicted molar refractivity (Wildman–Crippen MR) is 99.1 cm³/mol. The monoisotopic (exact) mass is 375 g/mol. The molecule has 27 heavy (non-hydrogen) atoms. The molecule has 5 nitrogen and oxygen atoms in total. The molecule has 0 aromatic heterocycles. The van der Waals surface area contributed by atoms with Crippen LogP contribution in [-0.2, 0) is 16.1 Å². The van der Waals surface area contributed by atoms with E-state index in [1.807, 2.05) is 11.0 Å². The maximum absolute atomic E-state index is 13.1. The zero-order valence-electron chi connectivity index (χ0n) is 16.1. The second-order valence-corrected chi connectivity index (χ2v) is 8.13. The fraction of sp³-hybridized carbons (Fsp3) is 0.524. The third-order valence-electron chi connectivity index (χ3n) is 4.55. The van der Waals surface area contributed by atoms with Gasteiger partial charge >= 0.3 is 5.97 Å². The number of nitrogens with zero attached hydrogens (tertiary/aromatic N) is 1. The van der Waals surface area contributed by atoms with Crippen molar-refractivity contribution in [2.45, 2.75) is 64.6 Å². The molecule has 1 aromatic carbocycles. The van der Waals surface area contributed by atoms with Crippen molar-refractivity contribution < 1.29 is 23.5 Å². The minimum absolute atomic E-state index is 0.0539. The van der Waals surface area contributed by atoms with Crippen molar-refractivity contribution in [3.8, 4) is 5.75 Å². The summed E-state index contributed by atoms with van der Waals surface area (Å²) in [6, 6.07) is 5.73. The average Bonchev–Trinajstić information content (AvgIpc) is 3.38. The number of carbonyl (C=O) groups excluding carboxylic acids is 2. The molecule has 0 unspecified atom stereocenters. The number of carbonyl (C=O) groups is 2. The summed E-state index contributed by atoms with van der Waals surface area (Å²) in [5.41, 5.74) is 1.50. The Hall–Kier alpha value is -2.37. The van der Waals surface area contributed by atoms with Gasteiger partial charge in [0, 0.05) is 24.6 Å². The Kier molecular flexibility index (Phi) is 5.53. The van der Waals surface area contributed by atoms with Crippen LogP contribution in [-0.4, -0.2) is 35.0 Å². The van der Waals surface area contributed by atoms with Gasteiger partial charge < -0.3 is 14.4 Å². The van der Waals surface area contributed by atoms with E-state index < -0.39 is 5.60 Å². The van der Waals surface area contributed by atoms with Crippen LogP contribution in [0.25, 0.3) is 0 Å². The molecule has 0 bridgehead atoms. The molecule has 1 aliphatic carbocycles. The van der Waals surface area contributed by atoms with E-state index in [1.165, 1.54) is 0 Å². The molecule has 1 fully saturated rings. The van der Waals surface area contributed by atoms with Gasteiger partial charge in [0.1, 0.15) is 18.0 Å². The van der Waals surface area contributed by atoms with E-state index in [4.69, 9.17) is 9.47 Å². The van der Waals surface area contributed by atoms with E-state index in [-0.39, 0.29) is 31.3 Å². The van der Waals surface area contributed by atoms with E-state index >= 15 is 0 Å². The lowest BCUT2D eigenvalue weighted by molar-refractivity contribution is -0.154. The molecule has 3 rings (SSSR count). The summed E-state index contributed by atoms with van der Waals surface area (Å²) < 4.78 is 24.0. The number of fused-ring (bicyclic) bond motifs is 1. The summed E-state index contributed by atoms with van der Waals surface area (Å²) in [6.45, 7) is 6.05. The predicted octanol–water partition coefficient (Wildman–Crippen LogP) is 4.16. The molecular formula is C21H26FNO4. The van der Waals surface area contributed by atoms with Crippen LogP contribution < -0.4 is 4.74 Å². The minimum Gasteiger partial charge on any atom is -0.489 e. The van der Waals surface area contributed by atoms with Crippen LogP contribution in [0.5, 0.6) is 5.75 Å². The molecule has 146 valence electrons. The first-order chi connectivity index (χ1) is 12.8. The number of rotatable bonds is 7. The topological polar surface area (TPSA) is 55.8 Å². The summed E-state index contributed by atoms with van der Waals surface area (Å²) in [5, 5.41) is 0. The van der Waals surface area contributed by atoms with Gasteiger partial charge in [0.2, 0.25) is 0 Å². The van der Waals surface area contributed by atoms with Crippen molar-refractivity contribution in [1.82, 2.24) is 4.90 Å².